The van der Waals surface area contributed by atoms with E-state index in [-0.39, 0.29) is 5.91 Å². The van der Waals surface area contributed by atoms with E-state index in [0.29, 0.717) is 6.42 Å². The zero-order valence-corrected chi connectivity index (χ0v) is 9.86. The number of nitrogens with zero attached hydrogens (tertiary/aromatic N) is 1. The summed E-state index contributed by atoms with van der Waals surface area (Å²) in [6.07, 6.45) is 1.34. The number of rotatable bonds is 2. The van der Waals surface area contributed by atoms with Crippen LogP contribution < -0.4 is 10.6 Å². The number of anilines is 1. The molecule has 0 aromatic heterocycles. The summed E-state index contributed by atoms with van der Waals surface area (Å²) in [6, 6.07) is 8.07. The zero-order valence-electron chi connectivity index (χ0n) is 9.86. The number of carbonyl (C=O) groups excluding carboxylic acids is 1. The number of hydrogen-bond acceptors (Lipinski definition) is 2. The summed E-state index contributed by atoms with van der Waals surface area (Å²) in [7, 11) is 0. The lowest BCUT2D eigenvalue weighted by molar-refractivity contribution is -0.119. The second kappa shape index (κ2) is 3.91. The molecule has 0 saturated carbocycles. The number of fused-ring (bicyclic) bond motifs is 1. The molecule has 3 heteroatoms. The first-order valence-corrected chi connectivity index (χ1v) is 5.64. The van der Waals surface area contributed by atoms with Crippen molar-refractivity contribution >= 4 is 11.6 Å². The SMILES string of the molecule is CC(C)(N)CC(=O)N1CCc2ccccc21. The Bertz CT molecular complexity index is 407. The first kappa shape index (κ1) is 11.1. The molecule has 1 aliphatic heterocycles. The van der Waals surface area contributed by atoms with Crippen molar-refractivity contribution in [1.82, 2.24) is 0 Å². The number of nitrogens with two attached hydrogens (primary N) is 1. The molecule has 1 aromatic carbocycles. The molecular weight excluding hydrogens is 200 g/mol. The van der Waals surface area contributed by atoms with Crippen molar-refractivity contribution in [2.24, 2.45) is 5.73 Å². The maximum Gasteiger partial charge on any atom is 0.228 e. The Morgan fingerprint density at radius 2 is 2.12 bits per heavy atom. The topological polar surface area (TPSA) is 46.3 Å². The Labute approximate surface area is 96.2 Å². The van der Waals surface area contributed by atoms with Crippen LogP contribution >= 0.6 is 0 Å². The van der Waals surface area contributed by atoms with Crippen molar-refractivity contribution < 1.29 is 4.79 Å². The van der Waals surface area contributed by atoms with Crippen LogP contribution in [0.15, 0.2) is 24.3 Å². The molecule has 0 atom stereocenters. The van der Waals surface area contributed by atoms with Gasteiger partial charge in [-0.1, -0.05) is 18.2 Å². The number of amides is 1. The van der Waals surface area contributed by atoms with Gasteiger partial charge in [-0.3, -0.25) is 4.79 Å². The van der Waals surface area contributed by atoms with Crippen molar-refractivity contribution in [3.8, 4) is 0 Å². The second-order valence-corrected chi connectivity index (χ2v) is 5.09. The zero-order chi connectivity index (χ0) is 11.8. The maximum atomic E-state index is 12.1. The van der Waals surface area contributed by atoms with Crippen LogP contribution in [0.1, 0.15) is 25.8 Å². The first-order chi connectivity index (χ1) is 7.47. The van der Waals surface area contributed by atoms with Gasteiger partial charge in [0.25, 0.3) is 0 Å². The maximum absolute atomic E-state index is 12.1. The molecule has 0 saturated heterocycles. The van der Waals surface area contributed by atoms with E-state index < -0.39 is 5.54 Å². The lowest BCUT2D eigenvalue weighted by Gasteiger charge is -2.23. The van der Waals surface area contributed by atoms with Gasteiger partial charge in [0.05, 0.1) is 0 Å². The largest absolute Gasteiger partial charge is 0.325 e. The molecule has 0 unspecified atom stereocenters. The highest BCUT2D eigenvalue weighted by Gasteiger charge is 2.27. The smallest absolute Gasteiger partial charge is 0.228 e. The molecule has 16 heavy (non-hydrogen) atoms. The van der Waals surface area contributed by atoms with Gasteiger partial charge in [-0.2, -0.15) is 0 Å². The molecule has 1 amide bonds. The average Bonchev–Trinajstić information content (AvgIpc) is 2.58. The highest BCUT2D eigenvalue weighted by molar-refractivity contribution is 5.96. The monoisotopic (exact) mass is 218 g/mol. The molecule has 0 aliphatic carbocycles. The summed E-state index contributed by atoms with van der Waals surface area (Å²) < 4.78 is 0. The molecule has 0 radical (unpaired) electrons. The molecular formula is C13H18N2O. The molecule has 2 N–H and O–H groups in total. The fraction of sp³-hybridized carbons (Fsp3) is 0.462. The van der Waals surface area contributed by atoms with E-state index in [1.54, 1.807) is 0 Å². The van der Waals surface area contributed by atoms with Gasteiger partial charge in [0.15, 0.2) is 0 Å². The van der Waals surface area contributed by atoms with E-state index in [4.69, 9.17) is 5.73 Å². The Morgan fingerprint density at radius 1 is 1.44 bits per heavy atom. The minimum absolute atomic E-state index is 0.123. The average molecular weight is 218 g/mol. The first-order valence-electron chi connectivity index (χ1n) is 5.64. The molecule has 1 heterocycles. The summed E-state index contributed by atoms with van der Waals surface area (Å²) >= 11 is 0. The molecule has 3 nitrogen and oxygen atoms in total. The number of para-hydroxylation sites is 1. The molecule has 2 rings (SSSR count). The van der Waals surface area contributed by atoms with Crippen LogP contribution in [-0.4, -0.2) is 18.0 Å². The normalized spacial score (nSPS) is 15.1. The molecule has 1 aromatic rings. The third-order valence-electron chi connectivity index (χ3n) is 2.80. The minimum atomic E-state index is -0.436. The standard InChI is InChI=1S/C13H18N2O/c1-13(2,14)9-12(16)15-8-7-10-5-3-4-6-11(10)15/h3-6H,7-9,14H2,1-2H3. The minimum Gasteiger partial charge on any atom is -0.325 e. The van der Waals surface area contributed by atoms with E-state index in [0.717, 1.165) is 18.7 Å². The van der Waals surface area contributed by atoms with Crippen LogP contribution in [-0.2, 0) is 11.2 Å². The van der Waals surface area contributed by atoms with E-state index in [1.807, 2.05) is 36.9 Å². The lowest BCUT2D eigenvalue weighted by atomic mass is 10.0. The predicted molar refractivity (Wildman–Crippen MR) is 65.4 cm³/mol. The van der Waals surface area contributed by atoms with E-state index in [2.05, 4.69) is 6.07 Å². The summed E-state index contributed by atoms with van der Waals surface area (Å²) in [5.41, 5.74) is 7.75. The van der Waals surface area contributed by atoms with Gasteiger partial charge < -0.3 is 10.6 Å². The van der Waals surface area contributed by atoms with Crippen molar-refractivity contribution in [2.75, 3.05) is 11.4 Å². The molecule has 0 spiro atoms. The molecule has 86 valence electrons. The van der Waals surface area contributed by atoms with E-state index in [9.17, 15) is 4.79 Å². The third kappa shape index (κ3) is 2.25. The van der Waals surface area contributed by atoms with Crippen molar-refractivity contribution in [1.29, 1.82) is 0 Å². The number of benzene rings is 1. The Hall–Kier alpha value is -1.35. The van der Waals surface area contributed by atoms with Gasteiger partial charge in [-0.25, -0.2) is 0 Å². The highest BCUT2D eigenvalue weighted by atomic mass is 16.2. The van der Waals surface area contributed by atoms with Gasteiger partial charge in [0, 0.05) is 24.2 Å². The van der Waals surface area contributed by atoms with E-state index >= 15 is 0 Å². The van der Waals surface area contributed by atoms with Gasteiger partial charge in [-0.05, 0) is 31.9 Å². The van der Waals surface area contributed by atoms with Crippen LogP contribution in [0.5, 0.6) is 0 Å². The van der Waals surface area contributed by atoms with Gasteiger partial charge in [-0.15, -0.1) is 0 Å². The number of carbonyl (C=O) groups is 1. The molecule has 1 aliphatic rings. The van der Waals surface area contributed by atoms with Gasteiger partial charge in [0.2, 0.25) is 5.91 Å². The van der Waals surface area contributed by atoms with Crippen molar-refractivity contribution in [3.63, 3.8) is 0 Å². The lowest BCUT2D eigenvalue weighted by Crippen LogP contribution is -2.40. The second-order valence-electron chi connectivity index (χ2n) is 5.09. The van der Waals surface area contributed by atoms with Crippen LogP contribution in [0.3, 0.4) is 0 Å². The number of hydrogen-bond donors (Lipinski definition) is 1. The predicted octanol–water partition coefficient (Wildman–Crippen LogP) is 1.70. The van der Waals surface area contributed by atoms with Crippen molar-refractivity contribution in [3.05, 3.63) is 29.8 Å². The van der Waals surface area contributed by atoms with Crippen molar-refractivity contribution in [2.45, 2.75) is 32.2 Å². The summed E-state index contributed by atoms with van der Waals surface area (Å²) in [5.74, 6) is 0.123. The van der Waals surface area contributed by atoms with Crippen LogP contribution in [0.2, 0.25) is 0 Å². The fourth-order valence-electron chi connectivity index (χ4n) is 2.08. The Kier molecular flexibility index (Phi) is 2.72. The van der Waals surface area contributed by atoms with E-state index in [1.165, 1.54) is 5.56 Å². The highest BCUT2D eigenvalue weighted by Crippen LogP contribution is 2.28. The van der Waals surface area contributed by atoms with Gasteiger partial charge in [0.1, 0.15) is 0 Å². The van der Waals surface area contributed by atoms with Gasteiger partial charge >= 0.3 is 0 Å². The fourth-order valence-corrected chi connectivity index (χ4v) is 2.08. The van der Waals surface area contributed by atoms with Crippen LogP contribution in [0, 0.1) is 0 Å². The summed E-state index contributed by atoms with van der Waals surface area (Å²) in [5, 5.41) is 0. The quantitative estimate of drug-likeness (QED) is 0.821. The molecule has 0 fully saturated rings. The third-order valence-corrected chi connectivity index (χ3v) is 2.80. The molecule has 0 bridgehead atoms. The Balaban J connectivity index is 2.16. The summed E-state index contributed by atoms with van der Waals surface area (Å²) in [4.78, 5) is 13.9. The summed E-state index contributed by atoms with van der Waals surface area (Å²) in [6.45, 7) is 4.55. The Morgan fingerprint density at radius 3 is 2.81 bits per heavy atom. The van der Waals surface area contributed by atoms with Crippen LogP contribution in [0.4, 0.5) is 5.69 Å². The van der Waals surface area contributed by atoms with Crippen LogP contribution in [0.25, 0.3) is 0 Å².